The van der Waals surface area contributed by atoms with Crippen molar-refractivity contribution in [2.45, 2.75) is 32.7 Å². The summed E-state index contributed by atoms with van der Waals surface area (Å²) in [4.78, 5) is 26.5. The van der Waals surface area contributed by atoms with Gasteiger partial charge in [-0.05, 0) is 25.8 Å². The van der Waals surface area contributed by atoms with E-state index in [0.29, 0.717) is 26.2 Å². The average molecular weight is 284 g/mol. The Balaban J connectivity index is 2.62. The predicted octanol–water partition coefficient (Wildman–Crippen LogP) is 1.57. The number of nitrogens with zero attached hydrogens (tertiary/aromatic N) is 2. The second-order valence-corrected chi connectivity index (χ2v) is 5.01. The van der Waals surface area contributed by atoms with E-state index in [2.05, 4.69) is 0 Å². The minimum atomic E-state index is -0.885. The van der Waals surface area contributed by atoms with Gasteiger partial charge in [0, 0.05) is 32.8 Å². The highest BCUT2D eigenvalue weighted by atomic mass is 16.5. The summed E-state index contributed by atoms with van der Waals surface area (Å²) < 4.78 is 5.08. The Hall–Kier alpha value is -1.56. The van der Waals surface area contributed by atoms with Crippen LogP contribution in [0.5, 0.6) is 0 Å². The second kappa shape index (κ2) is 7.89. The van der Waals surface area contributed by atoms with Gasteiger partial charge in [0.05, 0.1) is 13.0 Å². The van der Waals surface area contributed by atoms with Crippen LogP contribution in [0.1, 0.15) is 26.7 Å². The summed E-state index contributed by atoms with van der Waals surface area (Å²) in [6.45, 7) is 5.98. The Labute approximate surface area is 120 Å². The number of methoxy groups -OCH3 is 1. The Bertz CT molecular complexity index is 381. The summed E-state index contributed by atoms with van der Waals surface area (Å²) in [5, 5.41) is 8.84. The summed E-state index contributed by atoms with van der Waals surface area (Å²) in [5.41, 5.74) is 1.21. The number of carbonyl (C=O) groups is 2. The summed E-state index contributed by atoms with van der Waals surface area (Å²) >= 11 is 0. The fourth-order valence-corrected chi connectivity index (χ4v) is 2.38. The smallest absolute Gasteiger partial charge is 0.320 e. The molecule has 0 aromatic heterocycles. The highest BCUT2D eigenvalue weighted by molar-refractivity contribution is 5.76. The van der Waals surface area contributed by atoms with Crippen LogP contribution in [0.15, 0.2) is 11.6 Å². The molecule has 0 aromatic carbocycles. The molecule has 2 amide bonds. The third-order valence-electron chi connectivity index (χ3n) is 3.49. The van der Waals surface area contributed by atoms with Crippen molar-refractivity contribution in [2.24, 2.45) is 0 Å². The van der Waals surface area contributed by atoms with E-state index in [-0.39, 0.29) is 18.5 Å². The molecule has 6 heteroatoms. The standard InChI is InChI=1S/C14H24N2O4/c1-4-16(11(2)9-13(17)18)14(19)15-7-5-12(6-8-15)10-20-3/h5,11H,4,6-10H2,1-3H3,(H,17,18). The van der Waals surface area contributed by atoms with E-state index < -0.39 is 5.97 Å². The maximum absolute atomic E-state index is 12.4. The number of aliphatic carboxylic acids is 1. The molecule has 1 atom stereocenters. The highest BCUT2D eigenvalue weighted by Crippen LogP contribution is 2.15. The number of hydrogen-bond acceptors (Lipinski definition) is 3. The van der Waals surface area contributed by atoms with Gasteiger partial charge in [0.2, 0.25) is 0 Å². The fourth-order valence-electron chi connectivity index (χ4n) is 2.38. The number of rotatable bonds is 6. The molecular weight excluding hydrogens is 260 g/mol. The van der Waals surface area contributed by atoms with Crippen LogP contribution < -0.4 is 0 Å². The van der Waals surface area contributed by atoms with Crippen LogP contribution in [0.2, 0.25) is 0 Å². The van der Waals surface area contributed by atoms with Crippen LogP contribution in [0.3, 0.4) is 0 Å². The van der Waals surface area contributed by atoms with Gasteiger partial charge in [0.1, 0.15) is 0 Å². The topological polar surface area (TPSA) is 70.1 Å². The van der Waals surface area contributed by atoms with Gasteiger partial charge < -0.3 is 19.6 Å². The van der Waals surface area contributed by atoms with E-state index in [1.807, 2.05) is 13.0 Å². The molecule has 1 aliphatic rings. The number of hydrogen-bond donors (Lipinski definition) is 1. The van der Waals surface area contributed by atoms with Gasteiger partial charge in [0.25, 0.3) is 0 Å². The van der Waals surface area contributed by atoms with Gasteiger partial charge in [-0.25, -0.2) is 4.79 Å². The maximum atomic E-state index is 12.4. The minimum Gasteiger partial charge on any atom is -0.481 e. The first-order valence-corrected chi connectivity index (χ1v) is 6.93. The van der Waals surface area contributed by atoms with Gasteiger partial charge in [-0.3, -0.25) is 4.79 Å². The number of carboxylic acid groups (broad SMARTS) is 1. The van der Waals surface area contributed by atoms with Crippen LogP contribution >= 0.6 is 0 Å². The molecule has 1 aliphatic heterocycles. The zero-order valence-electron chi connectivity index (χ0n) is 12.5. The number of ether oxygens (including phenoxy) is 1. The lowest BCUT2D eigenvalue weighted by molar-refractivity contribution is -0.138. The molecule has 1 heterocycles. The lowest BCUT2D eigenvalue weighted by Crippen LogP contribution is -2.49. The van der Waals surface area contributed by atoms with Crippen LogP contribution in [-0.2, 0) is 9.53 Å². The summed E-state index contributed by atoms with van der Waals surface area (Å²) in [6.07, 6.45) is 2.79. The van der Waals surface area contributed by atoms with Crippen LogP contribution in [-0.4, -0.2) is 66.3 Å². The zero-order chi connectivity index (χ0) is 15.1. The molecule has 0 fully saturated rings. The third kappa shape index (κ3) is 4.52. The lowest BCUT2D eigenvalue weighted by atomic mass is 10.1. The highest BCUT2D eigenvalue weighted by Gasteiger charge is 2.26. The number of carboxylic acids is 1. The quantitative estimate of drug-likeness (QED) is 0.752. The molecule has 114 valence electrons. The first-order valence-electron chi connectivity index (χ1n) is 6.93. The van der Waals surface area contributed by atoms with Crippen molar-refractivity contribution in [1.29, 1.82) is 0 Å². The third-order valence-corrected chi connectivity index (χ3v) is 3.49. The predicted molar refractivity (Wildman–Crippen MR) is 75.6 cm³/mol. The molecule has 0 spiro atoms. The number of amides is 2. The Morgan fingerprint density at radius 3 is 2.70 bits per heavy atom. The van der Waals surface area contributed by atoms with Gasteiger partial charge in [-0.2, -0.15) is 0 Å². The second-order valence-electron chi connectivity index (χ2n) is 5.01. The van der Waals surface area contributed by atoms with Crippen LogP contribution in [0.25, 0.3) is 0 Å². The summed E-state index contributed by atoms with van der Waals surface area (Å²) in [5.74, 6) is -0.885. The molecule has 0 saturated carbocycles. The van der Waals surface area contributed by atoms with Crippen LogP contribution in [0.4, 0.5) is 4.79 Å². The Morgan fingerprint density at radius 2 is 2.25 bits per heavy atom. The van der Waals surface area contributed by atoms with E-state index in [4.69, 9.17) is 9.84 Å². The molecule has 0 aromatic rings. The summed E-state index contributed by atoms with van der Waals surface area (Å²) in [6, 6.07) is -0.386. The van der Waals surface area contributed by atoms with Gasteiger partial charge in [-0.1, -0.05) is 6.08 Å². The van der Waals surface area contributed by atoms with Gasteiger partial charge in [0.15, 0.2) is 0 Å². The van der Waals surface area contributed by atoms with Gasteiger partial charge >= 0.3 is 12.0 Å². The molecule has 1 N–H and O–H groups in total. The molecule has 1 unspecified atom stereocenters. The lowest BCUT2D eigenvalue weighted by Gasteiger charge is -2.34. The molecule has 0 radical (unpaired) electrons. The molecular formula is C14H24N2O4. The first-order chi connectivity index (χ1) is 9.49. The summed E-state index contributed by atoms with van der Waals surface area (Å²) in [7, 11) is 1.66. The molecule has 0 saturated heterocycles. The SMILES string of the molecule is CCN(C(=O)N1CC=C(COC)CC1)C(C)CC(=O)O. The molecule has 0 bridgehead atoms. The average Bonchev–Trinajstić information content (AvgIpc) is 2.39. The number of carbonyl (C=O) groups excluding carboxylic acids is 1. The van der Waals surface area contributed by atoms with Crippen molar-refractivity contribution in [3.63, 3.8) is 0 Å². The monoisotopic (exact) mass is 284 g/mol. The van der Waals surface area contributed by atoms with E-state index >= 15 is 0 Å². The van der Waals surface area contributed by atoms with E-state index in [9.17, 15) is 9.59 Å². The molecule has 6 nitrogen and oxygen atoms in total. The van der Waals surface area contributed by atoms with Gasteiger partial charge in [-0.15, -0.1) is 0 Å². The van der Waals surface area contributed by atoms with Crippen molar-refractivity contribution < 1.29 is 19.4 Å². The van der Waals surface area contributed by atoms with Crippen molar-refractivity contribution in [1.82, 2.24) is 9.80 Å². The van der Waals surface area contributed by atoms with Crippen molar-refractivity contribution in [2.75, 3.05) is 33.4 Å². The minimum absolute atomic E-state index is 0.0296. The maximum Gasteiger partial charge on any atom is 0.320 e. The molecule has 1 rings (SSSR count). The van der Waals surface area contributed by atoms with Crippen molar-refractivity contribution >= 4 is 12.0 Å². The fraction of sp³-hybridized carbons (Fsp3) is 0.714. The van der Waals surface area contributed by atoms with Crippen LogP contribution in [0, 0.1) is 0 Å². The molecule has 20 heavy (non-hydrogen) atoms. The van der Waals surface area contributed by atoms with Crippen molar-refractivity contribution in [3.05, 3.63) is 11.6 Å². The largest absolute Gasteiger partial charge is 0.481 e. The van der Waals surface area contributed by atoms with E-state index in [0.717, 1.165) is 6.42 Å². The van der Waals surface area contributed by atoms with Crippen molar-refractivity contribution in [3.8, 4) is 0 Å². The zero-order valence-corrected chi connectivity index (χ0v) is 12.5. The Kier molecular flexibility index (Phi) is 6.51. The normalized spacial score (nSPS) is 16.6. The van der Waals surface area contributed by atoms with E-state index in [1.165, 1.54) is 5.57 Å². The first kappa shape index (κ1) is 16.5. The Morgan fingerprint density at radius 1 is 1.55 bits per heavy atom. The van der Waals surface area contributed by atoms with E-state index in [1.54, 1.807) is 23.8 Å². The number of urea groups is 1. The molecule has 0 aliphatic carbocycles.